The van der Waals surface area contributed by atoms with Crippen LogP contribution in [0.4, 0.5) is 0 Å². The van der Waals surface area contributed by atoms with Crippen LogP contribution >= 0.6 is 0 Å². The fraction of sp³-hybridized carbons (Fsp3) is 0.240. The van der Waals surface area contributed by atoms with Gasteiger partial charge in [-0.2, -0.15) is 0 Å². The number of ether oxygens (including phenoxy) is 2. The molecule has 9 nitrogen and oxygen atoms in total. The molecule has 0 radical (unpaired) electrons. The molecule has 3 rings (SSSR count). The lowest BCUT2D eigenvalue weighted by Crippen LogP contribution is -2.44. The van der Waals surface area contributed by atoms with Crippen LogP contribution in [0.2, 0.25) is 0 Å². The van der Waals surface area contributed by atoms with Crippen LogP contribution in [0.25, 0.3) is 0 Å². The molecule has 0 spiro atoms. The highest BCUT2D eigenvalue weighted by Gasteiger charge is 2.46. The maximum absolute atomic E-state index is 12.6. The molecule has 1 heterocycles. The zero-order valence-electron chi connectivity index (χ0n) is 18.8. The molecule has 0 aliphatic rings. The number of esters is 1. The fourth-order valence-corrected chi connectivity index (χ4v) is 3.50. The van der Waals surface area contributed by atoms with Gasteiger partial charge in [-0.3, -0.25) is 4.79 Å². The number of carbonyl (C=O) groups is 3. The number of hydrogen-bond acceptors (Lipinski definition) is 7. The summed E-state index contributed by atoms with van der Waals surface area (Å²) in [5.41, 5.74) is -0.886. The Morgan fingerprint density at radius 2 is 1.68 bits per heavy atom. The largest absolute Gasteiger partial charge is 0.478 e. The van der Waals surface area contributed by atoms with Gasteiger partial charge in [0.1, 0.15) is 6.04 Å². The standard InChI is InChI=1S/C25H25N3O6/c1-3-34-25(24(31)32,18-12-8-5-9-13-18)23-26-15-14-19(27-23)16-20(22(30)33-2)28-21(29)17-10-6-4-7-11-17/h4-15,20H,3,16H2,1-2H3,(H,28,29)(H,31,32)/t20-,25?/m0/s1. The van der Waals surface area contributed by atoms with Crippen LogP contribution in [-0.2, 0) is 31.1 Å². The predicted molar refractivity (Wildman–Crippen MR) is 122 cm³/mol. The highest BCUT2D eigenvalue weighted by atomic mass is 16.5. The molecule has 34 heavy (non-hydrogen) atoms. The molecule has 176 valence electrons. The van der Waals surface area contributed by atoms with Gasteiger partial charge in [0, 0.05) is 36.0 Å². The predicted octanol–water partition coefficient (Wildman–Crippen LogP) is 2.36. The van der Waals surface area contributed by atoms with E-state index in [0.29, 0.717) is 16.8 Å². The van der Waals surface area contributed by atoms with Crippen LogP contribution in [0, 0.1) is 0 Å². The van der Waals surface area contributed by atoms with Gasteiger partial charge in [-0.05, 0) is 25.1 Å². The van der Waals surface area contributed by atoms with Gasteiger partial charge in [-0.15, -0.1) is 0 Å². The molecule has 0 bridgehead atoms. The number of amides is 1. The van der Waals surface area contributed by atoms with E-state index in [-0.39, 0.29) is 18.9 Å². The number of carboxylic acid groups (broad SMARTS) is 1. The Kier molecular flexibility index (Phi) is 8.05. The first kappa shape index (κ1) is 24.5. The van der Waals surface area contributed by atoms with Gasteiger partial charge in [0.15, 0.2) is 5.82 Å². The lowest BCUT2D eigenvalue weighted by Gasteiger charge is -2.28. The molecule has 0 saturated heterocycles. The summed E-state index contributed by atoms with van der Waals surface area (Å²) in [5, 5.41) is 12.8. The quantitative estimate of drug-likeness (QED) is 0.439. The fourth-order valence-electron chi connectivity index (χ4n) is 3.50. The molecule has 9 heteroatoms. The molecule has 0 aliphatic heterocycles. The molecule has 2 aromatic carbocycles. The first-order chi connectivity index (χ1) is 16.4. The SMILES string of the molecule is CCOC(C(=O)O)(c1ccccc1)c1nccc(C[C@H](NC(=O)c2ccccc2)C(=O)OC)n1. The van der Waals surface area contributed by atoms with E-state index in [9.17, 15) is 19.5 Å². The third-order valence-electron chi connectivity index (χ3n) is 5.11. The van der Waals surface area contributed by atoms with Gasteiger partial charge in [0.25, 0.3) is 5.91 Å². The second kappa shape index (κ2) is 11.2. The number of aliphatic carboxylic acids is 1. The number of methoxy groups -OCH3 is 1. The van der Waals surface area contributed by atoms with Crippen molar-refractivity contribution < 1.29 is 29.0 Å². The topological polar surface area (TPSA) is 128 Å². The number of aromatic nitrogens is 2. The Morgan fingerprint density at radius 1 is 1.03 bits per heavy atom. The maximum atomic E-state index is 12.6. The summed E-state index contributed by atoms with van der Waals surface area (Å²) >= 11 is 0. The van der Waals surface area contributed by atoms with Gasteiger partial charge >= 0.3 is 11.9 Å². The van der Waals surface area contributed by atoms with E-state index >= 15 is 0 Å². The van der Waals surface area contributed by atoms with E-state index in [0.717, 1.165) is 0 Å². The van der Waals surface area contributed by atoms with Crippen LogP contribution in [0.3, 0.4) is 0 Å². The van der Waals surface area contributed by atoms with Crippen molar-refractivity contribution in [3.63, 3.8) is 0 Å². The summed E-state index contributed by atoms with van der Waals surface area (Å²) in [6.07, 6.45) is 1.35. The summed E-state index contributed by atoms with van der Waals surface area (Å²) in [4.78, 5) is 46.1. The number of nitrogens with one attached hydrogen (secondary N) is 1. The number of hydrogen-bond donors (Lipinski definition) is 2. The smallest absolute Gasteiger partial charge is 0.348 e. The van der Waals surface area contributed by atoms with E-state index < -0.39 is 29.5 Å². The Morgan fingerprint density at radius 3 is 2.26 bits per heavy atom. The van der Waals surface area contributed by atoms with Gasteiger partial charge in [-0.1, -0.05) is 48.5 Å². The average Bonchev–Trinajstić information content (AvgIpc) is 2.87. The van der Waals surface area contributed by atoms with Crippen molar-refractivity contribution >= 4 is 17.8 Å². The van der Waals surface area contributed by atoms with Crippen molar-refractivity contribution in [1.82, 2.24) is 15.3 Å². The van der Waals surface area contributed by atoms with E-state index in [4.69, 9.17) is 9.47 Å². The van der Waals surface area contributed by atoms with Crippen molar-refractivity contribution in [2.45, 2.75) is 25.0 Å². The zero-order valence-corrected chi connectivity index (χ0v) is 18.8. The average molecular weight is 463 g/mol. The summed E-state index contributed by atoms with van der Waals surface area (Å²) in [7, 11) is 1.22. The van der Waals surface area contributed by atoms with Gasteiger partial charge < -0.3 is 19.9 Å². The second-order valence-electron chi connectivity index (χ2n) is 7.28. The number of nitrogens with zero attached hydrogens (tertiary/aromatic N) is 2. The normalized spacial score (nSPS) is 13.4. The van der Waals surface area contributed by atoms with Crippen molar-refractivity contribution in [1.29, 1.82) is 0 Å². The Balaban J connectivity index is 1.96. The molecule has 0 aliphatic carbocycles. The monoisotopic (exact) mass is 463 g/mol. The van der Waals surface area contributed by atoms with Crippen LogP contribution in [0.1, 0.15) is 34.4 Å². The highest BCUT2D eigenvalue weighted by molar-refractivity contribution is 5.96. The van der Waals surface area contributed by atoms with Crippen molar-refractivity contribution in [2.24, 2.45) is 0 Å². The lowest BCUT2D eigenvalue weighted by atomic mass is 9.92. The highest BCUT2D eigenvalue weighted by Crippen LogP contribution is 2.32. The molecule has 2 atom stereocenters. The van der Waals surface area contributed by atoms with Gasteiger partial charge in [0.2, 0.25) is 5.60 Å². The second-order valence-corrected chi connectivity index (χ2v) is 7.28. The van der Waals surface area contributed by atoms with Gasteiger partial charge in [-0.25, -0.2) is 19.6 Å². The minimum Gasteiger partial charge on any atom is -0.478 e. The summed E-state index contributed by atoms with van der Waals surface area (Å²) in [6.45, 7) is 1.77. The van der Waals surface area contributed by atoms with E-state index in [2.05, 4.69) is 15.3 Å². The minimum absolute atomic E-state index is 0.0443. The third-order valence-corrected chi connectivity index (χ3v) is 5.11. The number of carboxylic acids is 1. The molecule has 1 aromatic heterocycles. The van der Waals surface area contributed by atoms with Crippen molar-refractivity contribution in [3.8, 4) is 0 Å². The molecule has 3 aromatic rings. The molecule has 1 unspecified atom stereocenters. The first-order valence-corrected chi connectivity index (χ1v) is 10.6. The van der Waals surface area contributed by atoms with Crippen LogP contribution < -0.4 is 5.32 Å². The molecular formula is C25H25N3O6. The minimum atomic E-state index is -1.94. The maximum Gasteiger partial charge on any atom is 0.348 e. The Labute approximate surface area is 196 Å². The zero-order chi connectivity index (χ0) is 24.6. The molecular weight excluding hydrogens is 438 g/mol. The van der Waals surface area contributed by atoms with E-state index in [1.807, 2.05) is 0 Å². The Bertz CT molecular complexity index is 1140. The van der Waals surface area contributed by atoms with Crippen LogP contribution in [0.15, 0.2) is 72.9 Å². The van der Waals surface area contributed by atoms with Crippen LogP contribution in [-0.4, -0.2) is 52.7 Å². The van der Waals surface area contributed by atoms with E-state index in [1.54, 1.807) is 67.6 Å². The molecule has 2 N–H and O–H groups in total. The third kappa shape index (κ3) is 5.26. The molecule has 1 amide bonds. The number of carbonyl (C=O) groups excluding carboxylic acids is 2. The first-order valence-electron chi connectivity index (χ1n) is 10.6. The summed E-state index contributed by atoms with van der Waals surface area (Å²) in [5.74, 6) is -2.49. The van der Waals surface area contributed by atoms with Crippen molar-refractivity contribution in [3.05, 3.63) is 95.6 Å². The molecule has 0 fully saturated rings. The Hall–Kier alpha value is -4.11. The van der Waals surface area contributed by atoms with Crippen molar-refractivity contribution in [2.75, 3.05) is 13.7 Å². The summed E-state index contributed by atoms with van der Waals surface area (Å²) in [6, 6.07) is 17.3. The van der Waals surface area contributed by atoms with E-state index in [1.165, 1.54) is 19.4 Å². The van der Waals surface area contributed by atoms with Crippen LogP contribution in [0.5, 0.6) is 0 Å². The lowest BCUT2D eigenvalue weighted by molar-refractivity contribution is -0.162. The number of rotatable bonds is 10. The number of benzene rings is 2. The molecule has 0 saturated carbocycles. The van der Waals surface area contributed by atoms with Gasteiger partial charge in [0.05, 0.1) is 7.11 Å². The summed E-state index contributed by atoms with van der Waals surface area (Å²) < 4.78 is 10.6.